The SMILES string of the molecule is CCN(CC1CCOC1)C(=O)[C@H](N)c1ccccc1. The molecule has 2 N–H and O–H groups in total. The largest absolute Gasteiger partial charge is 0.381 e. The van der Waals surface area contributed by atoms with Gasteiger partial charge in [-0.2, -0.15) is 0 Å². The maximum absolute atomic E-state index is 12.4. The van der Waals surface area contributed by atoms with Crippen LogP contribution >= 0.6 is 0 Å². The van der Waals surface area contributed by atoms with E-state index in [2.05, 4.69) is 0 Å². The molecule has 1 aromatic rings. The number of hydrogen-bond acceptors (Lipinski definition) is 3. The van der Waals surface area contributed by atoms with Gasteiger partial charge in [-0.15, -0.1) is 0 Å². The maximum Gasteiger partial charge on any atom is 0.244 e. The second-order valence-electron chi connectivity index (χ2n) is 4.99. The minimum absolute atomic E-state index is 0.000556. The predicted molar refractivity (Wildman–Crippen MR) is 74.6 cm³/mol. The van der Waals surface area contributed by atoms with Crippen molar-refractivity contribution in [1.82, 2.24) is 4.90 Å². The van der Waals surface area contributed by atoms with Crippen LogP contribution in [0.2, 0.25) is 0 Å². The highest BCUT2D eigenvalue weighted by Gasteiger charge is 2.25. The molecule has 1 aromatic carbocycles. The normalized spacial score (nSPS) is 20.2. The van der Waals surface area contributed by atoms with E-state index in [0.29, 0.717) is 12.5 Å². The van der Waals surface area contributed by atoms with Crippen LogP contribution in [0.4, 0.5) is 0 Å². The molecule has 1 fully saturated rings. The zero-order valence-corrected chi connectivity index (χ0v) is 11.4. The van der Waals surface area contributed by atoms with Crippen molar-refractivity contribution in [3.8, 4) is 0 Å². The van der Waals surface area contributed by atoms with Gasteiger partial charge >= 0.3 is 0 Å². The molecule has 0 radical (unpaired) electrons. The van der Waals surface area contributed by atoms with Gasteiger partial charge in [0.15, 0.2) is 0 Å². The molecule has 0 aliphatic carbocycles. The van der Waals surface area contributed by atoms with E-state index in [1.54, 1.807) is 0 Å². The first-order chi connectivity index (χ1) is 9.22. The van der Waals surface area contributed by atoms with Crippen molar-refractivity contribution in [2.45, 2.75) is 19.4 Å². The van der Waals surface area contributed by atoms with Crippen molar-refractivity contribution in [2.24, 2.45) is 11.7 Å². The number of ether oxygens (including phenoxy) is 1. The number of nitrogens with zero attached hydrogens (tertiary/aromatic N) is 1. The summed E-state index contributed by atoms with van der Waals surface area (Å²) in [6.07, 6.45) is 1.03. The number of carbonyl (C=O) groups is 1. The number of benzene rings is 1. The molecule has 1 amide bonds. The Labute approximate surface area is 114 Å². The summed E-state index contributed by atoms with van der Waals surface area (Å²) in [5.41, 5.74) is 6.94. The molecule has 0 bridgehead atoms. The van der Waals surface area contributed by atoms with Crippen LogP contribution in [0.25, 0.3) is 0 Å². The Morgan fingerprint density at radius 1 is 1.47 bits per heavy atom. The van der Waals surface area contributed by atoms with Crippen LogP contribution < -0.4 is 5.73 Å². The molecule has 104 valence electrons. The fraction of sp³-hybridized carbons (Fsp3) is 0.533. The van der Waals surface area contributed by atoms with Crippen molar-refractivity contribution in [1.29, 1.82) is 0 Å². The molecular formula is C15H22N2O2. The highest BCUT2D eigenvalue weighted by molar-refractivity contribution is 5.83. The van der Waals surface area contributed by atoms with Crippen LogP contribution in [0, 0.1) is 5.92 Å². The molecule has 1 aliphatic rings. The summed E-state index contributed by atoms with van der Waals surface area (Å²) >= 11 is 0. The Morgan fingerprint density at radius 3 is 2.79 bits per heavy atom. The van der Waals surface area contributed by atoms with Gasteiger partial charge in [-0.3, -0.25) is 4.79 Å². The monoisotopic (exact) mass is 262 g/mol. The highest BCUT2D eigenvalue weighted by atomic mass is 16.5. The predicted octanol–water partition coefficient (Wildman–Crippen LogP) is 1.57. The lowest BCUT2D eigenvalue weighted by atomic mass is 10.0. The molecule has 19 heavy (non-hydrogen) atoms. The van der Waals surface area contributed by atoms with Gasteiger partial charge in [0.05, 0.1) is 6.61 Å². The van der Waals surface area contributed by atoms with Gasteiger partial charge < -0.3 is 15.4 Å². The van der Waals surface area contributed by atoms with Gasteiger partial charge in [0.25, 0.3) is 0 Å². The van der Waals surface area contributed by atoms with Crippen molar-refractivity contribution in [3.63, 3.8) is 0 Å². The molecule has 4 nitrogen and oxygen atoms in total. The molecular weight excluding hydrogens is 240 g/mol. The molecule has 2 atom stereocenters. The van der Waals surface area contributed by atoms with E-state index in [9.17, 15) is 4.79 Å². The third-order valence-corrected chi connectivity index (χ3v) is 3.62. The van der Waals surface area contributed by atoms with Gasteiger partial charge in [-0.05, 0) is 18.9 Å². The number of carbonyl (C=O) groups excluding carboxylic acids is 1. The Morgan fingerprint density at radius 2 is 2.21 bits per heavy atom. The van der Waals surface area contributed by atoms with E-state index in [1.165, 1.54) is 0 Å². The van der Waals surface area contributed by atoms with E-state index in [4.69, 9.17) is 10.5 Å². The number of amides is 1. The van der Waals surface area contributed by atoms with Gasteiger partial charge in [0, 0.05) is 25.6 Å². The summed E-state index contributed by atoms with van der Waals surface area (Å²) in [6, 6.07) is 8.97. The summed E-state index contributed by atoms with van der Waals surface area (Å²) < 4.78 is 5.36. The Hall–Kier alpha value is -1.39. The molecule has 2 rings (SSSR count). The second-order valence-corrected chi connectivity index (χ2v) is 4.99. The number of likely N-dealkylation sites (N-methyl/N-ethyl adjacent to an activating group) is 1. The quantitative estimate of drug-likeness (QED) is 0.876. The average Bonchev–Trinajstić information content (AvgIpc) is 2.97. The Kier molecular flexibility index (Phi) is 4.93. The molecule has 4 heteroatoms. The summed E-state index contributed by atoms with van der Waals surface area (Å²) in [7, 11) is 0. The fourth-order valence-corrected chi connectivity index (χ4v) is 2.41. The third-order valence-electron chi connectivity index (χ3n) is 3.62. The standard InChI is InChI=1S/C15H22N2O2/c1-2-17(10-12-8-9-19-11-12)15(18)14(16)13-6-4-3-5-7-13/h3-7,12,14H,2,8-11,16H2,1H3/t12?,14-/m1/s1. The molecule has 1 saturated heterocycles. The van der Waals surface area contributed by atoms with E-state index < -0.39 is 6.04 Å². The average molecular weight is 262 g/mol. The van der Waals surface area contributed by atoms with E-state index in [-0.39, 0.29) is 5.91 Å². The second kappa shape index (κ2) is 6.68. The number of rotatable bonds is 5. The first kappa shape index (κ1) is 14.0. The van der Waals surface area contributed by atoms with Crippen molar-refractivity contribution in [3.05, 3.63) is 35.9 Å². The fourth-order valence-electron chi connectivity index (χ4n) is 2.41. The molecule has 0 saturated carbocycles. The zero-order chi connectivity index (χ0) is 13.7. The van der Waals surface area contributed by atoms with Crippen molar-refractivity contribution in [2.75, 3.05) is 26.3 Å². The topological polar surface area (TPSA) is 55.6 Å². The van der Waals surface area contributed by atoms with Crippen LogP contribution in [0.1, 0.15) is 24.9 Å². The van der Waals surface area contributed by atoms with Gasteiger partial charge in [-0.25, -0.2) is 0 Å². The van der Waals surface area contributed by atoms with E-state index >= 15 is 0 Å². The Bertz CT molecular complexity index is 402. The molecule has 0 spiro atoms. The summed E-state index contributed by atoms with van der Waals surface area (Å²) in [5, 5.41) is 0. The minimum Gasteiger partial charge on any atom is -0.381 e. The van der Waals surface area contributed by atoms with Gasteiger partial charge in [0.1, 0.15) is 6.04 Å². The maximum atomic E-state index is 12.4. The van der Waals surface area contributed by atoms with Gasteiger partial charge in [-0.1, -0.05) is 30.3 Å². The molecule has 0 aromatic heterocycles. The first-order valence-electron chi connectivity index (χ1n) is 6.89. The summed E-state index contributed by atoms with van der Waals surface area (Å²) in [6.45, 7) is 4.99. The molecule has 1 aliphatic heterocycles. The molecule has 1 heterocycles. The van der Waals surface area contributed by atoms with Crippen LogP contribution in [-0.4, -0.2) is 37.1 Å². The van der Waals surface area contributed by atoms with Crippen molar-refractivity contribution < 1.29 is 9.53 Å². The minimum atomic E-state index is -0.566. The summed E-state index contributed by atoms with van der Waals surface area (Å²) in [4.78, 5) is 14.3. The van der Waals surface area contributed by atoms with Crippen LogP contribution in [0.3, 0.4) is 0 Å². The smallest absolute Gasteiger partial charge is 0.244 e. The van der Waals surface area contributed by atoms with Crippen LogP contribution in [0.15, 0.2) is 30.3 Å². The third kappa shape index (κ3) is 3.55. The number of hydrogen-bond donors (Lipinski definition) is 1. The van der Waals surface area contributed by atoms with Crippen LogP contribution in [0.5, 0.6) is 0 Å². The van der Waals surface area contributed by atoms with Gasteiger partial charge in [0.2, 0.25) is 5.91 Å². The van der Waals surface area contributed by atoms with E-state index in [1.807, 2.05) is 42.2 Å². The first-order valence-corrected chi connectivity index (χ1v) is 6.89. The van der Waals surface area contributed by atoms with E-state index in [0.717, 1.165) is 31.7 Å². The summed E-state index contributed by atoms with van der Waals surface area (Å²) in [5.74, 6) is 0.451. The lowest BCUT2D eigenvalue weighted by Gasteiger charge is -2.26. The lowest BCUT2D eigenvalue weighted by Crippen LogP contribution is -2.41. The lowest BCUT2D eigenvalue weighted by molar-refractivity contribution is -0.133. The number of nitrogens with two attached hydrogens (primary N) is 1. The zero-order valence-electron chi connectivity index (χ0n) is 11.4. The van der Waals surface area contributed by atoms with Crippen molar-refractivity contribution >= 4 is 5.91 Å². The molecule has 1 unspecified atom stereocenters. The van der Waals surface area contributed by atoms with Crippen LogP contribution in [-0.2, 0) is 9.53 Å². The highest BCUT2D eigenvalue weighted by Crippen LogP contribution is 2.17. The Balaban J connectivity index is 1.99.